The number of fused-ring (bicyclic) bond motifs is 6. The summed E-state index contributed by atoms with van der Waals surface area (Å²) in [6.45, 7) is 9.52. The zero-order valence-electron chi connectivity index (χ0n) is 18.2. The Labute approximate surface area is 210 Å². The first-order valence-electron chi connectivity index (χ1n) is 11.0. The van der Waals surface area contributed by atoms with Crippen molar-refractivity contribution in [3.8, 4) is 0 Å². The average Bonchev–Trinajstić information content (AvgIpc) is 3.31. The molecule has 2 atom stereocenters. The lowest BCUT2D eigenvalue weighted by Gasteiger charge is -2.34. The number of thiazole rings is 1. The fourth-order valence-electron chi connectivity index (χ4n) is 5.48. The largest absolute Gasteiger partial charge is 1.00 e. The first-order chi connectivity index (χ1) is 14.6. The minimum absolute atomic E-state index is 0. The monoisotopic (exact) mass is 558 g/mol. The number of aryl methyl sites for hydroxylation is 1. The second-order valence-corrected chi connectivity index (χ2v) is 10.9. The smallest absolute Gasteiger partial charge is 0.266 e. The van der Waals surface area contributed by atoms with Crippen molar-refractivity contribution in [1.82, 2.24) is 0 Å². The number of aromatic nitrogens is 1. The molecule has 0 radical (unpaired) electrons. The quantitative estimate of drug-likeness (QED) is 0.331. The molecule has 31 heavy (non-hydrogen) atoms. The number of nitrogens with zero attached hydrogens (tertiary/aromatic N) is 2. The first-order valence-corrected chi connectivity index (χ1v) is 12.7. The molecule has 160 valence electrons. The Morgan fingerprint density at radius 3 is 2.65 bits per heavy atom. The maximum atomic E-state index is 2.58. The highest BCUT2D eigenvalue weighted by molar-refractivity contribution is 8.03. The van der Waals surface area contributed by atoms with Crippen LogP contribution in [0.1, 0.15) is 38.6 Å². The van der Waals surface area contributed by atoms with Crippen LogP contribution in [0.2, 0.25) is 0 Å². The van der Waals surface area contributed by atoms with Crippen LogP contribution in [-0.4, -0.2) is 6.54 Å². The summed E-state index contributed by atoms with van der Waals surface area (Å²) >= 11 is 3.96. The predicted octanol–water partition coefficient (Wildman–Crippen LogP) is 3.87. The van der Waals surface area contributed by atoms with E-state index in [1.807, 2.05) is 23.1 Å². The van der Waals surface area contributed by atoms with Crippen LogP contribution in [0.3, 0.4) is 0 Å². The van der Waals surface area contributed by atoms with E-state index in [1.165, 1.54) is 49.3 Å². The van der Waals surface area contributed by atoms with E-state index >= 15 is 0 Å². The molecule has 5 heteroatoms. The number of hydrogen-bond acceptors (Lipinski definition) is 3. The lowest BCUT2D eigenvalue weighted by molar-refractivity contribution is -0.673. The molecule has 0 N–H and O–H groups in total. The standard InChI is InChI=1S/C26H27N2S2.HI/c1-16-12-14-27-19-8-4-6-10-21(19)29-25(27)23(16)18(3)24-17(2)13-15-28-20-9-5-7-11-22(20)30-26(24)28;/h4-11,16-17H,12-15H2,1-3H3;1H/q+1;/p-1. The molecular weight excluding hydrogens is 531 g/mol. The SMILES string of the molecule is CC(C1=C2Sc3ccccc3N2CCC1C)=C1c2sc3ccccc3[n+]2CCC1C.[I-]. The van der Waals surface area contributed by atoms with Crippen molar-refractivity contribution in [3.63, 3.8) is 0 Å². The molecule has 3 aromatic rings. The normalized spacial score (nSPS) is 23.9. The number of anilines is 1. The van der Waals surface area contributed by atoms with Crippen LogP contribution < -0.4 is 33.4 Å². The number of benzene rings is 2. The van der Waals surface area contributed by atoms with E-state index in [1.54, 1.807) is 11.1 Å². The van der Waals surface area contributed by atoms with Crippen molar-refractivity contribution in [2.24, 2.45) is 11.8 Å². The average molecular weight is 559 g/mol. The molecule has 3 aliphatic heterocycles. The Balaban J connectivity index is 0.00000204. The molecule has 4 heterocycles. The zero-order chi connectivity index (χ0) is 20.4. The highest BCUT2D eigenvalue weighted by Crippen LogP contribution is 2.53. The number of rotatable bonds is 1. The molecule has 3 aliphatic rings. The third kappa shape index (κ3) is 3.30. The van der Waals surface area contributed by atoms with Gasteiger partial charge in [-0.05, 0) is 54.5 Å². The molecule has 0 spiro atoms. The van der Waals surface area contributed by atoms with E-state index in [-0.39, 0.29) is 24.0 Å². The molecule has 2 unspecified atom stereocenters. The van der Waals surface area contributed by atoms with Crippen molar-refractivity contribution in [1.29, 1.82) is 0 Å². The van der Waals surface area contributed by atoms with Gasteiger partial charge in [-0.25, -0.2) is 0 Å². The van der Waals surface area contributed by atoms with Gasteiger partial charge in [0.15, 0.2) is 6.54 Å². The number of para-hydroxylation sites is 2. The van der Waals surface area contributed by atoms with E-state index in [2.05, 4.69) is 78.8 Å². The van der Waals surface area contributed by atoms with Crippen molar-refractivity contribution >= 4 is 44.6 Å². The Morgan fingerprint density at radius 1 is 1.00 bits per heavy atom. The van der Waals surface area contributed by atoms with Crippen molar-refractivity contribution < 1.29 is 28.5 Å². The van der Waals surface area contributed by atoms with Gasteiger partial charge in [-0.15, -0.1) is 0 Å². The first kappa shape index (κ1) is 21.5. The molecule has 0 amide bonds. The summed E-state index contributed by atoms with van der Waals surface area (Å²) in [5, 5.41) is 2.95. The molecule has 1 aromatic heterocycles. The zero-order valence-corrected chi connectivity index (χ0v) is 22.0. The molecule has 2 nitrogen and oxygen atoms in total. The lowest BCUT2D eigenvalue weighted by atomic mass is 9.82. The Kier molecular flexibility index (Phi) is 5.72. The molecule has 6 rings (SSSR count). The maximum absolute atomic E-state index is 2.58. The van der Waals surface area contributed by atoms with Gasteiger partial charge in [0.25, 0.3) is 5.01 Å². The Hall–Kier alpha value is -1.31. The number of halogens is 1. The van der Waals surface area contributed by atoms with Gasteiger partial charge >= 0.3 is 0 Å². The third-order valence-corrected chi connectivity index (χ3v) is 9.44. The summed E-state index contributed by atoms with van der Waals surface area (Å²) < 4.78 is 3.98. The lowest BCUT2D eigenvalue weighted by Crippen LogP contribution is -3.00. The molecule has 2 aromatic carbocycles. The van der Waals surface area contributed by atoms with Crippen molar-refractivity contribution in [3.05, 3.63) is 69.7 Å². The topological polar surface area (TPSA) is 7.12 Å². The van der Waals surface area contributed by atoms with Gasteiger partial charge in [0.05, 0.1) is 10.7 Å². The summed E-state index contributed by atoms with van der Waals surface area (Å²) in [4.78, 5) is 3.98. The Morgan fingerprint density at radius 2 is 1.77 bits per heavy atom. The highest BCUT2D eigenvalue weighted by atomic mass is 127. The maximum Gasteiger partial charge on any atom is 0.266 e. The van der Waals surface area contributed by atoms with Gasteiger partial charge in [0.2, 0.25) is 5.52 Å². The van der Waals surface area contributed by atoms with Crippen molar-refractivity contribution in [2.75, 3.05) is 11.4 Å². The Bertz CT molecular complexity index is 1240. The molecule has 0 saturated heterocycles. The molecule has 0 fully saturated rings. The fourth-order valence-corrected chi connectivity index (χ4v) is 8.28. The number of hydrogen-bond donors (Lipinski definition) is 0. The van der Waals surface area contributed by atoms with E-state index in [0.717, 1.165) is 13.1 Å². The van der Waals surface area contributed by atoms with E-state index in [0.29, 0.717) is 11.8 Å². The summed E-state index contributed by atoms with van der Waals surface area (Å²) in [6, 6.07) is 17.8. The summed E-state index contributed by atoms with van der Waals surface area (Å²) in [5.74, 6) is 1.20. The van der Waals surface area contributed by atoms with Crippen LogP contribution in [0.25, 0.3) is 15.8 Å². The number of allylic oxidation sites excluding steroid dienone is 3. The summed E-state index contributed by atoms with van der Waals surface area (Å²) in [5.41, 5.74) is 7.47. The third-order valence-electron chi connectivity index (χ3n) is 7.04. The predicted molar refractivity (Wildman–Crippen MR) is 129 cm³/mol. The highest BCUT2D eigenvalue weighted by Gasteiger charge is 2.38. The van der Waals surface area contributed by atoms with Gasteiger partial charge in [0.1, 0.15) is 4.70 Å². The fraction of sp³-hybridized carbons (Fsp3) is 0.346. The van der Waals surface area contributed by atoms with Crippen LogP contribution in [0.5, 0.6) is 0 Å². The van der Waals surface area contributed by atoms with Crippen LogP contribution >= 0.6 is 23.1 Å². The van der Waals surface area contributed by atoms with Crippen LogP contribution in [-0.2, 0) is 6.54 Å². The van der Waals surface area contributed by atoms with Crippen molar-refractivity contribution in [2.45, 2.75) is 45.1 Å². The van der Waals surface area contributed by atoms with Crippen LogP contribution in [0.15, 0.2) is 69.6 Å². The van der Waals surface area contributed by atoms with Gasteiger partial charge in [-0.2, -0.15) is 4.57 Å². The summed E-state index contributed by atoms with van der Waals surface area (Å²) in [7, 11) is 0. The second-order valence-electron chi connectivity index (χ2n) is 8.88. The molecular formula is C26H27IN2S2. The van der Waals surface area contributed by atoms with Gasteiger partial charge in [-0.1, -0.05) is 61.2 Å². The minimum atomic E-state index is 0. The molecule has 0 bridgehead atoms. The minimum Gasteiger partial charge on any atom is -1.00 e. The summed E-state index contributed by atoms with van der Waals surface area (Å²) in [6.07, 6.45) is 2.44. The second kappa shape index (κ2) is 8.23. The van der Waals surface area contributed by atoms with E-state index in [4.69, 9.17) is 0 Å². The van der Waals surface area contributed by atoms with E-state index < -0.39 is 0 Å². The van der Waals surface area contributed by atoms with Gasteiger partial charge < -0.3 is 28.9 Å². The molecule has 0 saturated carbocycles. The number of thioether (sulfide) groups is 1. The van der Waals surface area contributed by atoms with Crippen LogP contribution in [0, 0.1) is 11.8 Å². The van der Waals surface area contributed by atoms with Gasteiger partial charge in [0, 0.05) is 29.5 Å². The molecule has 0 aliphatic carbocycles. The van der Waals surface area contributed by atoms with Crippen LogP contribution in [0.4, 0.5) is 5.69 Å². The van der Waals surface area contributed by atoms with E-state index in [9.17, 15) is 0 Å². The van der Waals surface area contributed by atoms with Gasteiger partial charge in [-0.3, -0.25) is 0 Å².